The Kier molecular flexibility index (Phi) is 7.48. The lowest BCUT2D eigenvalue weighted by Gasteiger charge is -1.98. The van der Waals surface area contributed by atoms with Crippen LogP contribution in [0.4, 0.5) is 0 Å². The van der Waals surface area contributed by atoms with Gasteiger partial charge in [0, 0.05) is 6.38 Å². The molecule has 0 saturated carbocycles. The van der Waals surface area contributed by atoms with Crippen molar-refractivity contribution in [2.75, 3.05) is 6.38 Å². The maximum atomic E-state index is 4.64. The molecule has 0 fully saturated rings. The predicted molar refractivity (Wildman–Crippen MR) is 73.6 cm³/mol. The molecule has 0 N–H and O–H groups in total. The molecule has 0 aliphatic carbocycles. The van der Waals surface area contributed by atoms with Crippen molar-refractivity contribution in [1.29, 1.82) is 0 Å². The standard InChI is InChI=1S/C12H10.CH3Cl.BH3/c1-3-7-11(8-4-1)12-9-5-2-6-10-12;1-2;/h1-10H;1H3;1H3. The molecule has 0 spiro atoms. The molecule has 78 valence electrons. The zero-order chi connectivity index (χ0) is 10.2. The summed E-state index contributed by atoms with van der Waals surface area (Å²) in [6.45, 7) is 0. The van der Waals surface area contributed by atoms with Gasteiger partial charge in [-0.2, -0.15) is 0 Å². The molecule has 0 bridgehead atoms. The molecule has 2 rings (SSSR count). The molecule has 2 heteroatoms. The van der Waals surface area contributed by atoms with E-state index in [1.807, 2.05) is 12.1 Å². The third-order valence-electron chi connectivity index (χ3n) is 1.88. The van der Waals surface area contributed by atoms with Gasteiger partial charge < -0.3 is 0 Å². The first-order chi connectivity index (χ1) is 6.97. The van der Waals surface area contributed by atoms with Crippen LogP contribution in [0.1, 0.15) is 0 Å². The fourth-order valence-electron chi connectivity index (χ4n) is 1.26. The van der Waals surface area contributed by atoms with E-state index in [2.05, 4.69) is 60.1 Å². The predicted octanol–water partition coefficient (Wildman–Crippen LogP) is 3.02. The van der Waals surface area contributed by atoms with E-state index < -0.39 is 0 Å². The summed E-state index contributed by atoms with van der Waals surface area (Å²) in [7, 11) is 0. The molecule has 0 heterocycles. The summed E-state index contributed by atoms with van der Waals surface area (Å²) in [6.07, 6.45) is 1.47. The van der Waals surface area contributed by atoms with Crippen molar-refractivity contribution in [3.05, 3.63) is 60.7 Å². The Hall–Kier alpha value is -1.21. The first-order valence-electron chi connectivity index (χ1n) is 4.45. The largest absolute Gasteiger partial charge is 0.130 e. The highest BCUT2D eigenvalue weighted by atomic mass is 35.5. The minimum Gasteiger partial charge on any atom is -0.130 e. The van der Waals surface area contributed by atoms with Crippen molar-refractivity contribution < 1.29 is 0 Å². The van der Waals surface area contributed by atoms with E-state index in [0.29, 0.717) is 0 Å². The molecule has 0 aromatic heterocycles. The van der Waals surface area contributed by atoms with Gasteiger partial charge >= 0.3 is 0 Å². The summed E-state index contributed by atoms with van der Waals surface area (Å²) in [5.74, 6) is 0. The van der Waals surface area contributed by atoms with Crippen molar-refractivity contribution in [2.45, 2.75) is 0 Å². The third-order valence-corrected chi connectivity index (χ3v) is 1.88. The summed E-state index contributed by atoms with van der Waals surface area (Å²) in [6, 6.07) is 20.8. The quantitative estimate of drug-likeness (QED) is 0.510. The molecule has 0 unspecified atom stereocenters. The Morgan fingerprint density at radius 1 is 0.600 bits per heavy atom. The van der Waals surface area contributed by atoms with Gasteiger partial charge in [-0.25, -0.2) is 0 Å². The lowest BCUT2D eigenvalue weighted by Crippen LogP contribution is -1.73. The number of rotatable bonds is 1. The molecule has 0 amide bonds. The van der Waals surface area contributed by atoms with E-state index in [9.17, 15) is 0 Å². The molecule has 0 nitrogen and oxygen atoms in total. The third kappa shape index (κ3) is 4.22. The Labute approximate surface area is 98.5 Å². The first kappa shape index (κ1) is 13.8. The average Bonchev–Trinajstić information content (AvgIpc) is 2.34. The molecule has 0 aliphatic rings. The van der Waals surface area contributed by atoms with E-state index in [4.69, 9.17) is 0 Å². The number of benzene rings is 2. The van der Waals surface area contributed by atoms with Crippen LogP contribution >= 0.6 is 11.6 Å². The van der Waals surface area contributed by atoms with Gasteiger partial charge in [0.2, 0.25) is 0 Å². The molecular weight excluding hydrogens is 202 g/mol. The monoisotopic (exact) mass is 218 g/mol. The molecule has 2 aromatic rings. The number of halogens is 1. The molecule has 0 radical (unpaired) electrons. The highest BCUT2D eigenvalue weighted by Gasteiger charge is 1.91. The Morgan fingerprint density at radius 3 is 1.13 bits per heavy atom. The van der Waals surface area contributed by atoms with Crippen LogP contribution in [-0.2, 0) is 0 Å². The average molecular weight is 219 g/mol. The zero-order valence-electron chi connectivity index (χ0n) is 8.15. The summed E-state index contributed by atoms with van der Waals surface area (Å²) in [4.78, 5) is 0. The highest BCUT2D eigenvalue weighted by molar-refractivity contribution is 6.15. The van der Waals surface area contributed by atoms with Crippen molar-refractivity contribution >= 4 is 20.0 Å². The fraction of sp³-hybridized carbons (Fsp3) is 0.0769. The van der Waals surface area contributed by atoms with Gasteiger partial charge in [-0.05, 0) is 11.1 Å². The minimum absolute atomic E-state index is 0. The number of hydrogen-bond acceptors (Lipinski definition) is 0. The summed E-state index contributed by atoms with van der Waals surface area (Å²) < 4.78 is 0. The van der Waals surface area contributed by atoms with Crippen LogP contribution < -0.4 is 0 Å². The molecular formula is C13H16BCl. The molecule has 0 aliphatic heterocycles. The lowest BCUT2D eigenvalue weighted by atomic mass is 10.1. The Balaban J connectivity index is 0.000000617. The normalized spacial score (nSPS) is 8.13. The smallest absolute Gasteiger partial charge is 0.0814 e. The lowest BCUT2D eigenvalue weighted by molar-refractivity contribution is 1.62. The highest BCUT2D eigenvalue weighted by Crippen LogP contribution is 2.17. The van der Waals surface area contributed by atoms with Crippen LogP contribution in [0.5, 0.6) is 0 Å². The van der Waals surface area contributed by atoms with Gasteiger partial charge in [-0.1, -0.05) is 60.7 Å². The van der Waals surface area contributed by atoms with Crippen molar-refractivity contribution in [3.63, 3.8) is 0 Å². The second-order valence-corrected chi connectivity index (χ2v) is 2.73. The minimum atomic E-state index is 0. The summed E-state index contributed by atoms with van der Waals surface area (Å²) in [5.41, 5.74) is 2.55. The van der Waals surface area contributed by atoms with Crippen molar-refractivity contribution in [2.24, 2.45) is 0 Å². The van der Waals surface area contributed by atoms with E-state index in [-0.39, 0.29) is 8.41 Å². The van der Waals surface area contributed by atoms with Crippen molar-refractivity contribution in [1.82, 2.24) is 0 Å². The van der Waals surface area contributed by atoms with Crippen LogP contribution in [0.2, 0.25) is 0 Å². The van der Waals surface area contributed by atoms with Gasteiger partial charge in [0.1, 0.15) is 0 Å². The first-order valence-corrected chi connectivity index (χ1v) is 5.21. The van der Waals surface area contributed by atoms with Crippen molar-refractivity contribution in [3.8, 4) is 11.1 Å². The Bertz CT molecular complexity index is 308. The maximum Gasteiger partial charge on any atom is 0.0814 e. The van der Waals surface area contributed by atoms with Gasteiger partial charge in [-0.3, -0.25) is 0 Å². The molecule has 15 heavy (non-hydrogen) atoms. The van der Waals surface area contributed by atoms with E-state index >= 15 is 0 Å². The van der Waals surface area contributed by atoms with Gasteiger partial charge in [0.05, 0.1) is 8.41 Å². The molecule has 2 aromatic carbocycles. The topological polar surface area (TPSA) is 0 Å². The van der Waals surface area contributed by atoms with Crippen LogP contribution in [0.15, 0.2) is 60.7 Å². The van der Waals surface area contributed by atoms with Crippen LogP contribution in [0, 0.1) is 0 Å². The van der Waals surface area contributed by atoms with Crippen LogP contribution in [0.3, 0.4) is 0 Å². The second-order valence-electron chi connectivity index (χ2n) is 2.73. The summed E-state index contributed by atoms with van der Waals surface area (Å²) in [5, 5.41) is 0. The van der Waals surface area contributed by atoms with Crippen LogP contribution in [0.25, 0.3) is 11.1 Å². The summed E-state index contributed by atoms with van der Waals surface area (Å²) >= 11 is 4.64. The van der Waals surface area contributed by atoms with E-state index in [0.717, 1.165) is 0 Å². The van der Waals surface area contributed by atoms with Gasteiger partial charge in [-0.15, -0.1) is 11.6 Å². The van der Waals surface area contributed by atoms with Gasteiger partial charge in [0.25, 0.3) is 0 Å². The number of alkyl halides is 1. The molecule has 0 atom stereocenters. The van der Waals surface area contributed by atoms with E-state index in [1.54, 1.807) is 0 Å². The van der Waals surface area contributed by atoms with Crippen LogP contribution in [-0.4, -0.2) is 14.8 Å². The SMILES string of the molecule is B.CCl.c1ccc(-c2ccccc2)cc1. The van der Waals surface area contributed by atoms with E-state index in [1.165, 1.54) is 17.5 Å². The molecule has 0 saturated heterocycles. The zero-order valence-corrected chi connectivity index (χ0v) is 8.91. The fourth-order valence-corrected chi connectivity index (χ4v) is 1.26. The maximum absolute atomic E-state index is 4.64. The Morgan fingerprint density at radius 2 is 0.867 bits per heavy atom. The van der Waals surface area contributed by atoms with Gasteiger partial charge in [0.15, 0.2) is 0 Å². The number of hydrogen-bond donors (Lipinski definition) is 0. The second kappa shape index (κ2) is 8.13.